The normalized spacial score (nSPS) is 10.0. The molecule has 0 aromatic rings. The van der Waals surface area contributed by atoms with Crippen LogP contribution in [-0.2, 0) is 0 Å². The van der Waals surface area contributed by atoms with E-state index in [2.05, 4.69) is 0 Å². The van der Waals surface area contributed by atoms with E-state index in [0.717, 1.165) is 0 Å². The molecule has 0 aliphatic carbocycles. The molecule has 0 amide bonds. The lowest BCUT2D eigenvalue weighted by molar-refractivity contribution is -0.237. The van der Waals surface area contributed by atoms with Gasteiger partial charge < -0.3 is 0 Å². The van der Waals surface area contributed by atoms with E-state index >= 15 is 0 Å². The van der Waals surface area contributed by atoms with Crippen molar-refractivity contribution in [2.75, 3.05) is 0 Å². The van der Waals surface area contributed by atoms with Gasteiger partial charge in [0.15, 0.2) is 0 Å². The zero-order chi connectivity index (χ0) is 4.50. The lowest BCUT2D eigenvalue weighted by Gasteiger charge is -1.82. The highest BCUT2D eigenvalue weighted by molar-refractivity contribution is 5.85. The van der Waals surface area contributed by atoms with Crippen molar-refractivity contribution < 1.29 is 17.6 Å². The summed E-state index contributed by atoms with van der Waals surface area (Å²) in [6.07, 6.45) is -5.50. The molecule has 0 aromatic heterocycles. The zero-order valence-corrected chi connectivity index (χ0v) is 3.24. The summed E-state index contributed by atoms with van der Waals surface area (Å²) in [5, 5.41) is 0. The minimum atomic E-state index is -5.50. The Morgan fingerprint density at radius 1 is 0.833 bits per heavy atom. The Hall–Kier alpha value is 0.01000. The van der Waals surface area contributed by atoms with Gasteiger partial charge in [-0.3, -0.25) is 0 Å². The quantitative estimate of drug-likeness (QED) is 0.433. The average Bonchev–Trinajstić information content (AvgIpc) is 0.722. The molecule has 0 nitrogen and oxygen atoms in total. The second kappa shape index (κ2) is 2.23. The first kappa shape index (κ1) is 9.38. The Labute approximate surface area is 37.6 Å². The molecule has 0 spiro atoms. The molecule has 0 fully saturated rings. The minimum absolute atomic E-state index is 0. The first-order valence-corrected chi connectivity index (χ1v) is 0.756. The summed E-state index contributed by atoms with van der Waals surface area (Å²) in [6.45, 7) is 0. The molecule has 40 valence electrons. The van der Waals surface area contributed by atoms with Crippen molar-refractivity contribution in [2.24, 2.45) is 0 Å². The van der Waals surface area contributed by atoms with Crippen molar-refractivity contribution in [3.8, 4) is 0 Å². The Bertz CT molecular complexity index is 23.0. The van der Waals surface area contributed by atoms with E-state index in [1.54, 1.807) is 0 Å². The monoisotopic (exact) mass is 124 g/mol. The van der Waals surface area contributed by atoms with Crippen molar-refractivity contribution in [3.63, 3.8) is 0 Å². The van der Waals surface area contributed by atoms with Crippen molar-refractivity contribution in [2.45, 2.75) is 6.43 Å². The molecule has 0 aromatic carbocycles. The molecule has 0 saturated carbocycles. The molecular weight excluding hydrogens is 123 g/mol. The Kier molecular flexibility index (Phi) is 3.49. The first-order chi connectivity index (χ1) is 2.00. The van der Waals surface area contributed by atoms with Crippen LogP contribution >= 0.6 is 12.4 Å². The molecule has 0 aliphatic rings. The van der Waals surface area contributed by atoms with Crippen molar-refractivity contribution in [1.29, 1.82) is 0 Å². The molecule has 0 unspecified atom stereocenters. The molecule has 0 N–H and O–H groups in total. The smallest absolute Gasteiger partial charge is 0.147 e. The van der Waals surface area contributed by atoms with Gasteiger partial charge in [0.25, 0.3) is 0 Å². The fraction of sp³-hybridized carbons (Fsp3) is 1.00. The summed E-state index contributed by atoms with van der Waals surface area (Å²) in [6, 6.07) is 0. The van der Waals surface area contributed by atoms with Crippen LogP contribution < -0.4 is 0 Å². The summed E-state index contributed by atoms with van der Waals surface area (Å²) >= 11 is 0. The summed E-state index contributed by atoms with van der Waals surface area (Å²) in [4.78, 5) is 0. The van der Waals surface area contributed by atoms with E-state index in [1.807, 2.05) is 0 Å². The van der Waals surface area contributed by atoms with E-state index in [4.69, 9.17) is 0 Å². The Balaban J connectivity index is 0. The van der Waals surface area contributed by atoms with Crippen LogP contribution in [0.5, 0.6) is 0 Å². The highest BCUT2D eigenvalue weighted by Crippen LogP contribution is 2.13. The number of hydrogen-bond donors (Lipinski definition) is 0. The largest absolute Gasteiger partial charge is 0.559 e. The third-order valence-corrected chi connectivity index (χ3v) is 0. The molecule has 0 heterocycles. The molecular formula is CHClF4. The predicted molar refractivity (Wildman–Crippen MR) is 14.4 cm³/mol. The van der Waals surface area contributed by atoms with Crippen molar-refractivity contribution >= 4 is 12.4 Å². The lowest BCUT2D eigenvalue weighted by Crippen LogP contribution is -1.92. The second-order valence-electron chi connectivity index (χ2n) is 0.429. The third-order valence-electron chi connectivity index (χ3n) is 0. The Morgan fingerprint density at radius 2 is 0.833 bits per heavy atom. The molecule has 0 bridgehead atoms. The van der Waals surface area contributed by atoms with Crippen molar-refractivity contribution in [3.05, 3.63) is 0 Å². The standard InChI is InChI=1S/CF4.ClH/c2-1(3,4)5;/h;1H. The molecule has 5 heteroatoms. The molecule has 6 heavy (non-hydrogen) atoms. The van der Waals surface area contributed by atoms with Gasteiger partial charge in [-0.05, 0) is 0 Å². The van der Waals surface area contributed by atoms with Gasteiger partial charge in [-0.2, -0.15) is 0 Å². The van der Waals surface area contributed by atoms with Crippen LogP contribution in [-0.4, -0.2) is 6.43 Å². The van der Waals surface area contributed by atoms with Crippen LogP contribution in [0.3, 0.4) is 0 Å². The average molecular weight is 124 g/mol. The van der Waals surface area contributed by atoms with Crippen LogP contribution in [0.25, 0.3) is 0 Å². The first-order valence-electron chi connectivity index (χ1n) is 0.756. The summed E-state index contributed by atoms with van der Waals surface area (Å²) in [5.74, 6) is 0. The van der Waals surface area contributed by atoms with E-state index in [1.165, 1.54) is 0 Å². The van der Waals surface area contributed by atoms with Crippen LogP contribution in [0.1, 0.15) is 0 Å². The summed E-state index contributed by atoms with van der Waals surface area (Å²) in [7, 11) is 0. The molecule has 0 rings (SSSR count). The van der Waals surface area contributed by atoms with E-state index < -0.39 is 6.43 Å². The maximum atomic E-state index is 9.69. The zero-order valence-electron chi connectivity index (χ0n) is 2.42. The van der Waals surface area contributed by atoms with Crippen molar-refractivity contribution in [1.82, 2.24) is 0 Å². The van der Waals surface area contributed by atoms with Gasteiger partial charge >= 0.3 is 6.43 Å². The minimum Gasteiger partial charge on any atom is -0.147 e. The van der Waals surface area contributed by atoms with E-state index in [0.29, 0.717) is 0 Å². The number of hydrogen-bond acceptors (Lipinski definition) is 0. The topological polar surface area (TPSA) is 0 Å². The van der Waals surface area contributed by atoms with Gasteiger partial charge in [0.05, 0.1) is 0 Å². The van der Waals surface area contributed by atoms with Crippen LogP contribution in [0.4, 0.5) is 17.6 Å². The van der Waals surface area contributed by atoms with Crippen LogP contribution in [0, 0.1) is 0 Å². The van der Waals surface area contributed by atoms with E-state index in [-0.39, 0.29) is 12.4 Å². The molecule has 0 aliphatic heterocycles. The van der Waals surface area contributed by atoms with Gasteiger partial charge in [0.2, 0.25) is 0 Å². The number of halogens is 5. The SMILES string of the molecule is Cl.FC(F)(F)F. The highest BCUT2D eigenvalue weighted by atomic mass is 35.5. The number of rotatable bonds is 0. The van der Waals surface area contributed by atoms with E-state index in [9.17, 15) is 17.6 Å². The maximum absolute atomic E-state index is 9.69. The van der Waals surface area contributed by atoms with Gasteiger partial charge in [-0.25, -0.2) is 0 Å². The van der Waals surface area contributed by atoms with Gasteiger partial charge in [-0.1, -0.05) is 0 Å². The fourth-order valence-electron chi connectivity index (χ4n) is 0. The molecule has 0 saturated heterocycles. The summed E-state index contributed by atoms with van der Waals surface area (Å²) in [5.41, 5.74) is 0. The summed E-state index contributed by atoms with van der Waals surface area (Å²) < 4.78 is 38.8. The Morgan fingerprint density at radius 3 is 0.833 bits per heavy atom. The van der Waals surface area contributed by atoms with Crippen LogP contribution in [0.15, 0.2) is 0 Å². The van der Waals surface area contributed by atoms with Gasteiger partial charge in [0, 0.05) is 0 Å². The fourth-order valence-corrected chi connectivity index (χ4v) is 0. The lowest BCUT2D eigenvalue weighted by atomic mass is 11.5. The third kappa shape index (κ3) is 363000. The van der Waals surface area contributed by atoms with Crippen LogP contribution in [0.2, 0.25) is 0 Å². The molecule has 0 atom stereocenters. The van der Waals surface area contributed by atoms with Gasteiger partial charge in [-0.15, -0.1) is 30.0 Å². The predicted octanol–water partition coefficient (Wildman–Crippen LogP) is 1.90. The maximum Gasteiger partial charge on any atom is 0.559 e. The second-order valence-corrected chi connectivity index (χ2v) is 0.429. The van der Waals surface area contributed by atoms with Gasteiger partial charge in [0.1, 0.15) is 0 Å². The number of alkyl halides is 4. The molecule has 0 radical (unpaired) electrons. The highest BCUT2D eigenvalue weighted by Gasteiger charge is 2.24.